The fraction of sp³-hybridized carbons (Fsp3) is 0.250. The molecule has 0 aliphatic carbocycles. The average Bonchev–Trinajstić information content (AvgIpc) is 3.15. The first kappa shape index (κ1) is 15.1. The van der Waals surface area contributed by atoms with Crippen LogP contribution in [0.2, 0.25) is 0 Å². The quantitative estimate of drug-likeness (QED) is 0.692. The molecule has 0 fully saturated rings. The van der Waals surface area contributed by atoms with E-state index in [0.29, 0.717) is 0 Å². The summed E-state index contributed by atoms with van der Waals surface area (Å²) in [5.74, 6) is 2.61. The van der Waals surface area contributed by atoms with Gasteiger partial charge in [0.1, 0.15) is 5.75 Å². The van der Waals surface area contributed by atoms with E-state index in [9.17, 15) is 0 Å². The summed E-state index contributed by atoms with van der Waals surface area (Å²) < 4.78 is 5.16. The Kier molecular flexibility index (Phi) is 4.80. The normalized spacial score (nSPS) is 10.8. The van der Waals surface area contributed by atoms with Crippen molar-refractivity contribution in [2.45, 2.75) is 24.3 Å². The summed E-state index contributed by atoms with van der Waals surface area (Å²) >= 11 is 3.48. The van der Waals surface area contributed by atoms with Crippen molar-refractivity contribution < 1.29 is 4.74 Å². The zero-order valence-electron chi connectivity index (χ0n) is 12.5. The van der Waals surface area contributed by atoms with E-state index in [0.717, 1.165) is 28.9 Å². The molecule has 0 atom stereocenters. The summed E-state index contributed by atoms with van der Waals surface area (Å²) in [5, 5.41) is 10.3. The second-order valence-electron chi connectivity index (χ2n) is 4.90. The third-order valence-electron chi connectivity index (χ3n) is 3.34. The summed E-state index contributed by atoms with van der Waals surface area (Å²) in [6, 6.07) is 10.1. The number of H-pyrrole nitrogens is 1. The van der Waals surface area contributed by atoms with E-state index in [1.165, 1.54) is 16.0 Å². The Balaban J connectivity index is 1.59. The molecule has 2 aromatic heterocycles. The Labute approximate surface area is 137 Å². The highest BCUT2D eigenvalue weighted by Crippen LogP contribution is 2.25. The summed E-state index contributed by atoms with van der Waals surface area (Å²) in [6.45, 7) is 2.14. The molecule has 1 aromatic carbocycles. The van der Waals surface area contributed by atoms with E-state index in [2.05, 4.69) is 33.6 Å². The van der Waals surface area contributed by atoms with Crippen molar-refractivity contribution in [2.75, 3.05) is 7.11 Å². The lowest BCUT2D eigenvalue weighted by molar-refractivity contribution is 0.414. The number of aromatic nitrogens is 3. The molecule has 3 aromatic rings. The number of hydrogen-bond acceptors (Lipinski definition) is 5. The maximum Gasteiger partial charge on any atom is 0.184 e. The topological polar surface area (TPSA) is 50.8 Å². The minimum Gasteiger partial charge on any atom is -0.497 e. The largest absolute Gasteiger partial charge is 0.497 e. The Bertz CT molecular complexity index is 734. The second-order valence-corrected chi connectivity index (χ2v) is 6.86. The molecule has 22 heavy (non-hydrogen) atoms. The van der Waals surface area contributed by atoms with Gasteiger partial charge < -0.3 is 4.74 Å². The number of thioether (sulfide) groups is 1. The number of nitrogens with zero attached hydrogens (tertiary/aromatic N) is 2. The van der Waals surface area contributed by atoms with Gasteiger partial charge in [-0.3, -0.25) is 5.10 Å². The lowest BCUT2D eigenvalue weighted by Gasteiger charge is -2.00. The van der Waals surface area contributed by atoms with Crippen molar-refractivity contribution in [3.05, 3.63) is 57.5 Å². The number of thiophene rings is 1. The van der Waals surface area contributed by atoms with Crippen molar-refractivity contribution in [3.8, 4) is 5.75 Å². The number of benzene rings is 1. The monoisotopic (exact) mass is 331 g/mol. The molecule has 1 N–H and O–H groups in total. The Morgan fingerprint density at radius 1 is 1.23 bits per heavy atom. The highest BCUT2D eigenvalue weighted by molar-refractivity contribution is 7.98. The van der Waals surface area contributed by atoms with Crippen LogP contribution in [0.25, 0.3) is 0 Å². The van der Waals surface area contributed by atoms with E-state index in [1.807, 2.05) is 24.3 Å². The predicted molar refractivity (Wildman–Crippen MR) is 90.8 cm³/mol. The van der Waals surface area contributed by atoms with Gasteiger partial charge in [0, 0.05) is 17.1 Å². The fourth-order valence-corrected chi connectivity index (χ4v) is 3.95. The predicted octanol–water partition coefficient (Wildman–Crippen LogP) is 4.07. The number of hydrogen-bond donors (Lipinski definition) is 1. The van der Waals surface area contributed by atoms with Crippen LogP contribution in [0.15, 0.2) is 40.9 Å². The summed E-state index contributed by atoms with van der Waals surface area (Å²) in [4.78, 5) is 5.93. The highest BCUT2D eigenvalue weighted by Gasteiger charge is 2.07. The summed E-state index contributed by atoms with van der Waals surface area (Å²) in [6.07, 6.45) is 0.721. The maximum atomic E-state index is 5.16. The molecule has 0 saturated carbocycles. The van der Waals surface area contributed by atoms with Crippen LogP contribution in [0.4, 0.5) is 0 Å². The highest BCUT2D eigenvalue weighted by atomic mass is 32.2. The number of rotatable bonds is 6. The van der Waals surface area contributed by atoms with Gasteiger partial charge in [0.15, 0.2) is 11.0 Å². The smallest absolute Gasteiger partial charge is 0.184 e. The Morgan fingerprint density at radius 3 is 2.73 bits per heavy atom. The van der Waals surface area contributed by atoms with Crippen LogP contribution in [-0.2, 0) is 12.2 Å². The molecule has 4 nitrogen and oxygen atoms in total. The first-order chi connectivity index (χ1) is 10.7. The Hall–Kier alpha value is -1.79. The van der Waals surface area contributed by atoms with Crippen LogP contribution < -0.4 is 4.74 Å². The molecular weight excluding hydrogens is 314 g/mol. The summed E-state index contributed by atoms with van der Waals surface area (Å²) in [5.41, 5.74) is 2.51. The van der Waals surface area contributed by atoms with Crippen LogP contribution in [0.5, 0.6) is 5.75 Å². The number of methoxy groups -OCH3 is 1. The van der Waals surface area contributed by atoms with E-state index < -0.39 is 0 Å². The van der Waals surface area contributed by atoms with E-state index in [1.54, 1.807) is 30.2 Å². The van der Waals surface area contributed by atoms with E-state index in [-0.39, 0.29) is 0 Å². The van der Waals surface area contributed by atoms with Crippen molar-refractivity contribution in [3.63, 3.8) is 0 Å². The van der Waals surface area contributed by atoms with Crippen LogP contribution in [0.3, 0.4) is 0 Å². The van der Waals surface area contributed by atoms with Gasteiger partial charge >= 0.3 is 0 Å². The molecule has 0 amide bonds. The minimum absolute atomic E-state index is 0.721. The van der Waals surface area contributed by atoms with Gasteiger partial charge in [-0.05, 0) is 41.6 Å². The first-order valence-corrected chi connectivity index (χ1v) is 8.81. The zero-order valence-corrected chi connectivity index (χ0v) is 14.1. The molecule has 0 spiro atoms. The van der Waals surface area contributed by atoms with Crippen molar-refractivity contribution in [1.82, 2.24) is 15.2 Å². The van der Waals surface area contributed by atoms with Gasteiger partial charge in [-0.2, -0.15) is 5.10 Å². The molecule has 0 aliphatic heterocycles. The summed E-state index contributed by atoms with van der Waals surface area (Å²) in [7, 11) is 1.67. The first-order valence-electron chi connectivity index (χ1n) is 6.94. The average molecular weight is 331 g/mol. The molecule has 3 rings (SSSR count). The molecular formula is C16H17N3OS2. The second kappa shape index (κ2) is 6.98. The van der Waals surface area contributed by atoms with Crippen LogP contribution >= 0.6 is 23.1 Å². The van der Waals surface area contributed by atoms with Crippen LogP contribution in [0.1, 0.15) is 21.8 Å². The number of nitrogens with one attached hydrogen (secondary N) is 1. The molecule has 0 bridgehead atoms. The lowest BCUT2D eigenvalue weighted by Crippen LogP contribution is -1.91. The van der Waals surface area contributed by atoms with Gasteiger partial charge in [-0.15, -0.1) is 11.3 Å². The molecule has 0 unspecified atom stereocenters. The van der Waals surface area contributed by atoms with Gasteiger partial charge in [-0.25, -0.2) is 4.98 Å². The molecule has 6 heteroatoms. The third kappa shape index (κ3) is 3.69. The van der Waals surface area contributed by atoms with E-state index in [4.69, 9.17) is 4.74 Å². The maximum absolute atomic E-state index is 5.16. The van der Waals surface area contributed by atoms with Gasteiger partial charge in [0.25, 0.3) is 0 Å². The van der Waals surface area contributed by atoms with Gasteiger partial charge in [0.2, 0.25) is 0 Å². The van der Waals surface area contributed by atoms with Crippen LogP contribution in [-0.4, -0.2) is 22.3 Å². The molecule has 114 valence electrons. The standard InChI is InChI=1S/C16H17N3OS2/c1-11-7-8-21-14(11)10-22-16-17-15(18-19-16)9-12-3-5-13(20-2)6-4-12/h3-8H,9-10H2,1-2H3,(H,17,18,19). The number of ether oxygens (including phenoxy) is 1. The zero-order chi connectivity index (χ0) is 15.4. The Morgan fingerprint density at radius 2 is 2.05 bits per heavy atom. The van der Waals surface area contributed by atoms with Gasteiger partial charge in [-0.1, -0.05) is 23.9 Å². The van der Waals surface area contributed by atoms with Crippen molar-refractivity contribution >= 4 is 23.1 Å². The van der Waals surface area contributed by atoms with Crippen LogP contribution in [0, 0.1) is 6.92 Å². The van der Waals surface area contributed by atoms with Crippen molar-refractivity contribution in [1.29, 1.82) is 0 Å². The number of aryl methyl sites for hydroxylation is 1. The van der Waals surface area contributed by atoms with Gasteiger partial charge in [0.05, 0.1) is 7.11 Å². The lowest BCUT2D eigenvalue weighted by atomic mass is 10.1. The van der Waals surface area contributed by atoms with Crippen molar-refractivity contribution in [2.24, 2.45) is 0 Å². The molecule has 2 heterocycles. The SMILES string of the molecule is COc1ccc(Cc2n[nH]c(SCc3sccc3C)n2)cc1. The molecule has 0 aliphatic rings. The van der Waals surface area contributed by atoms with E-state index >= 15 is 0 Å². The third-order valence-corrected chi connectivity index (χ3v) is 5.44. The minimum atomic E-state index is 0.721. The molecule has 0 radical (unpaired) electrons. The number of aromatic amines is 1. The molecule has 0 saturated heterocycles. The fourth-order valence-electron chi connectivity index (χ4n) is 2.04.